The molecule has 0 spiro atoms. The van der Waals surface area contributed by atoms with Crippen LogP contribution in [0.15, 0.2) is 29.8 Å². The van der Waals surface area contributed by atoms with Gasteiger partial charge in [-0.1, -0.05) is 12.1 Å². The number of carbonyl (C=O) groups is 1. The predicted molar refractivity (Wildman–Crippen MR) is 70.5 cm³/mol. The molecule has 98 valence electrons. The number of phenolic OH excluding ortho intramolecular Hbond substituents is 2. The van der Waals surface area contributed by atoms with Gasteiger partial charge in [-0.2, -0.15) is 0 Å². The molecule has 1 aromatic carbocycles. The zero-order chi connectivity index (χ0) is 13.7. The molecular formula is C14H19NO3. The molecule has 4 heteroatoms. The Morgan fingerprint density at radius 2 is 2.06 bits per heavy atom. The van der Waals surface area contributed by atoms with Gasteiger partial charge >= 0.3 is 0 Å². The third kappa shape index (κ3) is 3.80. The van der Waals surface area contributed by atoms with Gasteiger partial charge in [0.05, 0.1) is 0 Å². The van der Waals surface area contributed by atoms with Crippen LogP contribution in [-0.2, 0) is 11.2 Å². The van der Waals surface area contributed by atoms with E-state index in [1.807, 2.05) is 13.8 Å². The highest BCUT2D eigenvalue weighted by molar-refractivity contribution is 5.92. The topological polar surface area (TPSA) is 69.6 Å². The van der Waals surface area contributed by atoms with Crippen molar-refractivity contribution < 1.29 is 15.0 Å². The third-order valence-electron chi connectivity index (χ3n) is 2.75. The van der Waals surface area contributed by atoms with Crippen molar-refractivity contribution in [1.29, 1.82) is 0 Å². The summed E-state index contributed by atoms with van der Waals surface area (Å²) < 4.78 is 0. The molecule has 0 aliphatic rings. The Balaban J connectivity index is 2.62. The molecule has 18 heavy (non-hydrogen) atoms. The van der Waals surface area contributed by atoms with Gasteiger partial charge in [0.15, 0.2) is 11.5 Å². The lowest BCUT2D eigenvalue weighted by molar-refractivity contribution is -0.118. The Morgan fingerprint density at radius 3 is 2.61 bits per heavy atom. The minimum absolute atomic E-state index is 0.0451. The van der Waals surface area contributed by atoms with E-state index in [4.69, 9.17) is 0 Å². The molecule has 0 radical (unpaired) electrons. The molecule has 1 atom stereocenters. The second-order valence-corrected chi connectivity index (χ2v) is 4.37. The number of nitrogens with one attached hydrogen (secondary N) is 1. The summed E-state index contributed by atoms with van der Waals surface area (Å²) in [5.74, 6) is -0.371. The van der Waals surface area contributed by atoms with Crippen LogP contribution in [-0.4, -0.2) is 22.2 Å². The highest BCUT2D eigenvalue weighted by Gasteiger charge is 2.10. The molecule has 0 aliphatic carbocycles. The number of hydrogen-bond acceptors (Lipinski definition) is 3. The van der Waals surface area contributed by atoms with Gasteiger partial charge in [0, 0.05) is 11.6 Å². The zero-order valence-electron chi connectivity index (χ0n) is 10.9. The number of carbonyl (C=O) groups excluding carboxylic acids is 1. The molecule has 0 bridgehead atoms. The highest BCUT2D eigenvalue weighted by Crippen LogP contribution is 2.25. The van der Waals surface area contributed by atoms with Crippen LogP contribution in [0.5, 0.6) is 11.5 Å². The lowest BCUT2D eigenvalue weighted by Gasteiger charge is -2.14. The van der Waals surface area contributed by atoms with Crippen LogP contribution in [0.25, 0.3) is 0 Å². The Morgan fingerprint density at radius 1 is 1.39 bits per heavy atom. The summed E-state index contributed by atoms with van der Waals surface area (Å²) in [6.45, 7) is 5.47. The predicted octanol–water partition coefficient (Wildman–Crippen LogP) is 2.11. The Kier molecular flexibility index (Phi) is 4.77. The first-order valence-corrected chi connectivity index (χ1v) is 5.88. The molecule has 1 aromatic rings. The lowest BCUT2D eigenvalue weighted by atomic mass is 10.1. The molecule has 3 N–H and O–H groups in total. The van der Waals surface area contributed by atoms with Crippen LogP contribution in [0, 0.1) is 0 Å². The number of aromatic hydroxyl groups is 2. The van der Waals surface area contributed by atoms with Crippen LogP contribution >= 0.6 is 0 Å². The largest absolute Gasteiger partial charge is 0.504 e. The van der Waals surface area contributed by atoms with E-state index in [-0.39, 0.29) is 23.4 Å². The van der Waals surface area contributed by atoms with Crippen LogP contribution in [0.2, 0.25) is 0 Å². The van der Waals surface area contributed by atoms with Crippen LogP contribution < -0.4 is 5.32 Å². The summed E-state index contributed by atoms with van der Waals surface area (Å²) in [6.07, 6.45) is 2.35. The SMILES string of the molecule is C/C=C(/C)C(=O)NC(C)Cc1ccc(O)c(O)c1. The van der Waals surface area contributed by atoms with Gasteiger partial charge in [-0.25, -0.2) is 0 Å². The van der Waals surface area contributed by atoms with Gasteiger partial charge in [-0.05, 0) is 44.9 Å². The van der Waals surface area contributed by atoms with E-state index in [0.29, 0.717) is 12.0 Å². The van der Waals surface area contributed by atoms with Gasteiger partial charge < -0.3 is 15.5 Å². The van der Waals surface area contributed by atoms with Gasteiger partial charge in [-0.3, -0.25) is 4.79 Å². The first kappa shape index (κ1) is 14.1. The van der Waals surface area contributed by atoms with Gasteiger partial charge in [0.25, 0.3) is 0 Å². The summed E-state index contributed by atoms with van der Waals surface area (Å²) >= 11 is 0. The maximum atomic E-state index is 11.6. The van der Waals surface area contributed by atoms with Crippen molar-refractivity contribution in [3.63, 3.8) is 0 Å². The first-order valence-electron chi connectivity index (χ1n) is 5.88. The summed E-state index contributed by atoms with van der Waals surface area (Å²) in [6, 6.07) is 4.62. The third-order valence-corrected chi connectivity index (χ3v) is 2.75. The molecule has 0 saturated carbocycles. The molecular weight excluding hydrogens is 230 g/mol. The molecule has 4 nitrogen and oxygen atoms in total. The number of allylic oxidation sites excluding steroid dienone is 1. The van der Waals surface area contributed by atoms with E-state index in [2.05, 4.69) is 5.32 Å². The monoisotopic (exact) mass is 249 g/mol. The minimum Gasteiger partial charge on any atom is -0.504 e. The van der Waals surface area contributed by atoms with Gasteiger partial charge in [0.2, 0.25) is 5.91 Å². The van der Waals surface area contributed by atoms with Crippen molar-refractivity contribution in [2.45, 2.75) is 33.2 Å². The number of amides is 1. The minimum atomic E-state index is -0.143. The Bertz CT molecular complexity index is 466. The van der Waals surface area contributed by atoms with E-state index in [1.165, 1.54) is 12.1 Å². The van der Waals surface area contributed by atoms with E-state index < -0.39 is 0 Å². The molecule has 1 rings (SSSR count). The fraction of sp³-hybridized carbons (Fsp3) is 0.357. The molecule has 0 aromatic heterocycles. The number of phenols is 2. The van der Waals surface area contributed by atoms with Crippen molar-refractivity contribution >= 4 is 5.91 Å². The van der Waals surface area contributed by atoms with Crippen LogP contribution in [0.3, 0.4) is 0 Å². The quantitative estimate of drug-likeness (QED) is 0.565. The molecule has 0 saturated heterocycles. The number of rotatable bonds is 4. The Hall–Kier alpha value is -1.97. The maximum Gasteiger partial charge on any atom is 0.246 e. The van der Waals surface area contributed by atoms with Crippen molar-refractivity contribution in [2.24, 2.45) is 0 Å². The molecule has 0 aliphatic heterocycles. The van der Waals surface area contributed by atoms with Crippen molar-refractivity contribution in [3.8, 4) is 11.5 Å². The summed E-state index contributed by atoms with van der Waals surface area (Å²) in [5.41, 5.74) is 1.53. The maximum absolute atomic E-state index is 11.6. The summed E-state index contributed by atoms with van der Waals surface area (Å²) in [5, 5.41) is 21.4. The molecule has 0 heterocycles. The van der Waals surface area contributed by atoms with Crippen LogP contribution in [0.4, 0.5) is 0 Å². The van der Waals surface area contributed by atoms with Gasteiger partial charge in [-0.15, -0.1) is 0 Å². The Labute approximate surface area is 107 Å². The molecule has 0 fully saturated rings. The molecule has 1 amide bonds. The van der Waals surface area contributed by atoms with Crippen molar-refractivity contribution in [2.75, 3.05) is 0 Å². The van der Waals surface area contributed by atoms with E-state index in [0.717, 1.165) is 5.56 Å². The zero-order valence-corrected chi connectivity index (χ0v) is 10.9. The summed E-state index contributed by atoms with van der Waals surface area (Å²) in [7, 11) is 0. The van der Waals surface area contributed by atoms with Crippen LogP contribution in [0.1, 0.15) is 26.3 Å². The van der Waals surface area contributed by atoms with E-state index >= 15 is 0 Å². The number of hydrogen-bond donors (Lipinski definition) is 3. The van der Waals surface area contributed by atoms with E-state index in [9.17, 15) is 15.0 Å². The molecule has 1 unspecified atom stereocenters. The fourth-order valence-electron chi connectivity index (χ4n) is 1.57. The standard InChI is InChI=1S/C14H19NO3/c1-4-9(2)14(18)15-10(3)7-11-5-6-12(16)13(17)8-11/h4-6,8,10,16-17H,7H2,1-3H3,(H,15,18)/b9-4-. The van der Waals surface area contributed by atoms with Crippen molar-refractivity contribution in [1.82, 2.24) is 5.32 Å². The first-order chi connectivity index (χ1) is 8.43. The lowest BCUT2D eigenvalue weighted by Crippen LogP contribution is -2.34. The number of benzene rings is 1. The highest BCUT2D eigenvalue weighted by atomic mass is 16.3. The summed E-state index contributed by atoms with van der Waals surface area (Å²) in [4.78, 5) is 11.6. The second kappa shape index (κ2) is 6.10. The fourth-order valence-corrected chi connectivity index (χ4v) is 1.57. The smallest absolute Gasteiger partial charge is 0.246 e. The average Bonchev–Trinajstić information content (AvgIpc) is 2.32. The van der Waals surface area contributed by atoms with Gasteiger partial charge in [0.1, 0.15) is 0 Å². The van der Waals surface area contributed by atoms with E-state index in [1.54, 1.807) is 19.1 Å². The normalized spacial score (nSPS) is 13.2. The second-order valence-electron chi connectivity index (χ2n) is 4.37. The van der Waals surface area contributed by atoms with Crippen molar-refractivity contribution in [3.05, 3.63) is 35.4 Å². The average molecular weight is 249 g/mol.